The molecule has 1 nitrogen and oxygen atoms in total. The summed E-state index contributed by atoms with van der Waals surface area (Å²) < 4.78 is 1.02. The first-order chi connectivity index (χ1) is 6.50. The van der Waals surface area contributed by atoms with Crippen molar-refractivity contribution in [2.24, 2.45) is 0 Å². The van der Waals surface area contributed by atoms with Gasteiger partial charge in [-0.2, -0.15) is 0 Å². The highest BCUT2D eigenvalue weighted by Gasteiger charge is 2.09. The molecule has 0 bridgehead atoms. The summed E-state index contributed by atoms with van der Waals surface area (Å²) in [6.45, 7) is 5.85. The molecule has 0 N–H and O–H groups in total. The molecule has 0 aliphatic heterocycles. The van der Waals surface area contributed by atoms with Crippen LogP contribution in [0.4, 0.5) is 0 Å². The first-order valence-corrected chi connectivity index (χ1v) is 6.15. The zero-order chi connectivity index (χ0) is 10.7. The second-order valence-corrected chi connectivity index (χ2v) is 5.90. The molecule has 0 fully saturated rings. The van der Waals surface area contributed by atoms with Crippen molar-refractivity contribution in [3.63, 3.8) is 0 Å². The summed E-state index contributed by atoms with van der Waals surface area (Å²) in [7, 11) is 0. The summed E-state index contributed by atoms with van der Waals surface area (Å²) in [5, 5.41) is 0.488. The Bertz CT molecular complexity index is 347. The van der Waals surface area contributed by atoms with Gasteiger partial charge in [-0.05, 0) is 25.1 Å². The number of carbonyl (C=O) groups is 1. The molecule has 0 spiro atoms. The quantitative estimate of drug-likeness (QED) is 0.607. The second kappa shape index (κ2) is 4.99. The molecular formula is C11H13BrOS. The van der Waals surface area contributed by atoms with E-state index >= 15 is 0 Å². The lowest BCUT2D eigenvalue weighted by Crippen LogP contribution is -1.97. The monoisotopic (exact) mass is 272 g/mol. The molecule has 3 heteroatoms. The molecule has 0 unspecified atom stereocenters. The predicted octanol–water partition coefficient (Wildman–Crippen LogP) is 4.15. The lowest BCUT2D eigenvalue weighted by atomic mass is 10.1. The third-order valence-corrected chi connectivity index (χ3v) is 3.24. The molecule has 1 rings (SSSR count). The molecule has 0 aliphatic rings. The summed E-state index contributed by atoms with van der Waals surface area (Å²) in [5.41, 5.74) is 0.812. The molecule has 0 heterocycles. The van der Waals surface area contributed by atoms with Crippen molar-refractivity contribution in [2.45, 2.75) is 30.9 Å². The number of hydrogen-bond donors (Lipinski definition) is 0. The molecule has 0 saturated carbocycles. The lowest BCUT2D eigenvalue weighted by Gasteiger charge is -2.09. The Labute approximate surface area is 97.4 Å². The average molecular weight is 273 g/mol. The van der Waals surface area contributed by atoms with Crippen molar-refractivity contribution < 1.29 is 4.79 Å². The number of hydrogen-bond acceptors (Lipinski definition) is 2. The first kappa shape index (κ1) is 11.8. The van der Waals surface area contributed by atoms with Gasteiger partial charge in [-0.15, -0.1) is 11.8 Å². The zero-order valence-electron chi connectivity index (χ0n) is 8.50. The fourth-order valence-electron chi connectivity index (χ4n) is 1.14. The number of benzene rings is 1. The number of thioether (sulfide) groups is 1. The van der Waals surface area contributed by atoms with Crippen molar-refractivity contribution in [3.05, 3.63) is 28.2 Å². The summed E-state index contributed by atoms with van der Waals surface area (Å²) in [4.78, 5) is 12.4. The Morgan fingerprint density at radius 3 is 2.57 bits per heavy atom. The molecule has 1 aromatic rings. The van der Waals surface area contributed by atoms with Crippen molar-refractivity contribution in [2.75, 3.05) is 0 Å². The summed E-state index contributed by atoms with van der Waals surface area (Å²) in [6, 6.07) is 5.78. The molecule has 0 atom stereocenters. The van der Waals surface area contributed by atoms with Gasteiger partial charge in [0.05, 0.1) is 0 Å². The Morgan fingerprint density at radius 1 is 1.43 bits per heavy atom. The minimum Gasteiger partial charge on any atom is -0.294 e. The normalized spacial score (nSPS) is 10.6. The third-order valence-electron chi connectivity index (χ3n) is 1.69. The van der Waals surface area contributed by atoms with E-state index in [0.717, 1.165) is 14.9 Å². The Kier molecular flexibility index (Phi) is 4.20. The Hall–Kier alpha value is -0.280. The highest BCUT2D eigenvalue weighted by atomic mass is 79.9. The Morgan fingerprint density at radius 2 is 2.07 bits per heavy atom. The van der Waals surface area contributed by atoms with Crippen LogP contribution in [0.2, 0.25) is 0 Å². The van der Waals surface area contributed by atoms with Gasteiger partial charge < -0.3 is 0 Å². The van der Waals surface area contributed by atoms with Crippen molar-refractivity contribution in [3.8, 4) is 0 Å². The molecule has 0 amide bonds. The van der Waals surface area contributed by atoms with Crippen LogP contribution in [0.1, 0.15) is 31.1 Å². The largest absolute Gasteiger partial charge is 0.294 e. The van der Waals surface area contributed by atoms with Crippen LogP contribution in [0.15, 0.2) is 27.6 Å². The molecule has 76 valence electrons. The van der Waals surface area contributed by atoms with Gasteiger partial charge in [0.2, 0.25) is 0 Å². The van der Waals surface area contributed by atoms with Crippen LogP contribution in [-0.4, -0.2) is 11.0 Å². The van der Waals surface area contributed by atoms with Crippen LogP contribution in [0, 0.1) is 0 Å². The van der Waals surface area contributed by atoms with E-state index in [0.29, 0.717) is 5.25 Å². The maximum atomic E-state index is 11.3. The van der Waals surface area contributed by atoms with Gasteiger partial charge in [0.25, 0.3) is 0 Å². The number of rotatable bonds is 3. The molecule has 1 aromatic carbocycles. The number of Topliss-reactive ketones (excluding diaryl/α,β-unsaturated/α-hetero) is 1. The van der Waals surface area contributed by atoms with E-state index < -0.39 is 0 Å². The van der Waals surface area contributed by atoms with Crippen LogP contribution in [-0.2, 0) is 0 Å². The van der Waals surface area contributed by atoms with Gasteiger partial charge in [-0.25, -0.2) is 0 Å². The van der Waals surface area contributed by atoms with E-state index in [2.05, 4.69) is 29.8 Å². The topological polar surface area (TPSA) is 17.1 Å². The third kappa shape index (κ3) is 3.14. The fraction of sp³-hybridized carbons (Fsp3) is 0.364. The van der Waals surface area contributed by atoms with E-state index in [1.807, 2.05) is 18.2 Å². The maximum absolute atomic E-state index is 11.3. The summed E-state index contributed by atoms with van der Waals surface area (Å²) in [6.07, 6.45) is 0. The molecule has 14 heavy (non-hydrogen) atoms. The lowest BCUT2D eigenvalue weighted by molar-refractivity contribution is 0.101. The van der Waals surface area contributed by atoms with Gasteiger partial charge in [0.1, 0.15) is 0 Å². The van der Waals surface area contributed by atoms with Gasteiger partial charge >= 0.3 is 0 Å². The minimum atomic E-state index is 0.126. The highest BCUT2D eigenvalue weighted by Crippen LogP contribution is 2.29. The molecule has 0 saturated heterocycles. The van der Waals surface area contributed by atoms with Crippen LogP contribution < -0.4 is 0 Å². The van der Waals surface area contributed by atoms with Gasteiger partial charge in [0.15, 0.2) is 5.78 Å². The predicted molar refractivity (Wildman–Crippen MR) is 65.1 cm³/mol. The average Bonchev–Trinajstić information content (AvgIpc) is 2.01. The number of ketones is 1. The van der Waals surface area contributed by atoms with Crippen LogP contribution in [0.3, 0.4) is 0 Å². The van der Waals surface area contributed by atoms with Crippen LogP contribution in [0.25, 0.3) is 0 Å². The maximum Gasteiger partial charge on any atom is 0.160 e. The number of carbonyl (C=O) groups excluding carboxylic acids is 1. The van der Waals surface area contributed by atoms with Crippen molar-refractivity contribution >= 4 is 33.5 Å². The molecule has 0 aliphatic carbocycles. The van der Waals surface area contributed by atoms with Gasteiger partial charge in [0, 0.05) is 20.2 Å². The summed E-state index contributed by atoms with van der Waals surface area (Å²) in [5.74, 6) is 0.126. The van der Waals surface area contributed by atoms with E-state index in [-0.39, 0.29) is 5.78 Å². The minimum absolute atomic E-state index is 0.126. The van der Waals surface area contributed by atoms with Gasteiger partial charge in [-0.3, -0.25) is 4.79 Å². The van der Waals surface area contributed by atoms with Crippen molar-refractivity contribution in [1.29, 1.82) is 0 Å². The van der Waals surface area contributed by atoms with Gasteiger partial charge in [-0.1, -0.05) is 29.8 Å². The Balaban J connectivity index is 3.09. The number of halogens is 1. The smallest absolute Gasteiger partial charge is 0.160 e. The molecule has 0 radical (unpaired) electrons. The van der Waals surface area contributed by atoms with E-state index in [4.69, 9.17) is 0 Å². The van der Waals surface area contributed by atoms with E-state index in [1.165, 1.54) is 0 Å². The first-order valence-electron chi connectivity index (χ1n) is 4.48. The molecular weight excluding hydrogens is 260 g/mol. The highest BCUT2D eigenvalue weighted by molar-refractivity contribution is 9.10. The molecule has 0 aromatic heterocycles. The zero-order valence-corrected chi connectivity index (χ0v) is 10.9. The van der Waals surface area contributed by atoms with E-state index in [9.17, 15) is 4.79 Å². The SMILES string of the molecule is CC(=O)c1ccc(Br)cc1SC(C)C. The second-order valence-electron chi connectivity index (χ2n) is 3.36. The summed E-state index contributed by atoms with van der Waals surface area (Å²) >= 11 is 5.13. The van der Waals surface area contributed by atoms with Crippen LogP contribution in [0.5, 0.6) is 0 Å². The fourth-order valence-corrected chi connectivity index (χ4v) is 2.69. The van der Waals surface area contributed by atoms with Crippen molar-refractivity contribution in [1.82, 2.24) is 0 Å². The van der Waals surface area contributed by atoms with E-state index in [1.54, 1.807) is 18.7 Å². The standard InChI is InChI=1S/C11H13BrOS/c1-7(2)14-11-6-9(12)4-5-10(11)8(3)13/h4-7H,1-3H3. The van der Waals surface area contributed by atoms with Crippen LogP contribution >= 0.6 is 27.7 Å².